The summed E-state index contributed by atoms with van der Waals surface area (Å²) >= 11 is 0. The monoisotopic (exact) mass is 574 g/mol. The lowest BCUT2D eigenvalue weighted by Crippen LogP contribution is -2.22. The molecule has 38 heavy (non-hydrogen) atoms. The maximum Gasteiger partial charge on any atom is 0.416 e. The van der Waals surface area contributed by atoms with Gasteiger partial charge < -0.3 is 26.1 Å². The van der Waals surface area contributed by atoms with E-state index in [1.165, 1.54) is 12.1 Å². The summed E-state index contributed by atoms with van der Waals surface area (Å²) in [5, 5.41) is 6.98. The molecule has 4 rings (SSSR count). The van der Waals surface area contributed by atoms with Gasteiger partial charge in [-0.2, -0.15) is 13.2 Å². The fraction of sp³-hybridized carbons (Fsp3) is 0.0870. The third kappa shape index (κ3) is 7.47. The van der Waals surface area contributed by atoms with Gasteiger partial charge >= 0.3 is 12.2 Å². The summed E-state index contributed by atoms with van der Waals surface area (Å²) in [6.45, 7) is -0.181. The van der Waals surface area contributed by atoms with E-state index in [-0.39, 0.29) is 43.0 Å². The molecule has 0 aliphatic carbocycles. The van der Waals surface area contributed by atoms with Crippen molar-refractivity contribution in [2.45, 2.75) is 6.18 Å². The number of aromatic nitrogens is 2. The van der Waals surface area contributed by atoms with Gasteiger partial charge in [-0.05, 0) is 54.6 Å². The average molecular weight is 575 g/mol. The fourth-order valence-corrected chi connectivity index (χ4v) is 3.12. The SMILES string of the molecule is Cl.Cl.NCC(=O)Nc1nc2cc(Oc3ccc(NC(=O)Nc4cc(C(F)(F)F)ccc4F)cc3)ccc2[nH]1. The largest absolute Gasteiger partial charge is 0.457 e. The normalized spacial score (nSPS) is 10.7. The van der Waals surface area contributed by atoms with Crippen molar-refractivity contribution in [2.75, 3.05) is 22.5 Å². The van der Waals surface area contributed by atoms with E-state index in [1.54, 1.807) is 30.3 Å². The molecule has 15 heteroatoms. The van der Waals surface area contributed by atoms with E-state index in [0.717, 1.165) is 0 Å². The van der Waals surface area contributed by atoms with E-state index in [1.807, 2.05) is 0 Å². The second kappa shape index (κ2) is 12.4. The lowest BCUT2D eigenvalue weighted by atomic mass is 10.2. The number of nitrogens with one attached hydrogen (secondary N) is 4. The summed E-state index contributed by atoms with van der Waals surface area (Å²) in [5.41, 5.74) is 5.06. The number of carbonyl (C=O) groups excluding carboxylic acids is 2. The zero-order valence-electron chi connectivity index (χ0n) is 19.1. The lowest BCUT2D eigenvalue weighted by Gasteiger charge is -2.12. The number of alkyl halides is 3. The van der Waals surface area contributed by atoms with Gasteiger partial charge in [0.15, 0.2) is 0 Å². The van der Waals surface area contributed by atoms with Crippen LogP contribution in [0.15, 0.2) is 60.7 Å². The minimum atomic E-state index is -4.68. The Bertz CT molecular complexity index is 1430. The summed E-state index contributed by atoms with van der Waals surface area (Å²) in [7, 11) is 0. The standard InChI is InChI=1S/C23H18F4N6O3.2ClH/c24-16-7-1-12(23(25,26)27)9-18(16)32-22(35)29-13-2-4-14(5-3-13)36-15-6-8-17-19(10-15)31-21(30-17)33-20(34)11-28;;/h1-10H,11,28H2,(H2,29,32,35)(H2,30,31,33,34);2*1H. The van der Waals surface area contributed by atoms with Crippen LogP contribution in [0.2, 0.25) is 0 Å². The minimum Gasteiger partial charge on any atom is -0.457 e. The van der Waals surface area contributed by atoms with Crippen molar-refractivity contribution < 1.29 is 31.9 Å². The number of nitrogens with two attached hydrogens (primary N) is 1. The predicted octanol–water partition coefficient (Wildman–Crippen LogP) is 5.90. The van der Waals surface area contributed by atoms with Gasteiger partial charge in [-0.1, -0.05) is 0 Å². The predicted molar refractivity (Wildman–Crippen MR) is 139 cm³/mol. The van der Waals surface area contributed by atoms with Gasteiger partial charge in [0.2, 0.25) is 11.9 Å². The maximum absolute atomic E-state index is 13.8. The number of benzene rings is 3. The molecule has 0 aliphatic heterocycles. The lowest BCUT2D eigenvalue weighted by molar-refractivity contribution is -0.137. The van der Waals surface area contributed by atoms with Gasteiger partial charge in [0.05, 0.1) is 28.8 Å². The number of imidazole rings is 1. The molecule has 0 fully saturated rings. The van der Waals surface area contributed by atoms with Crippen LogP contribution in [0.25, 0.3) is 11.0 Å². The highest BCUT2D eigenvalue weighted by Crippen LogP contribution is 2.32. The summed E-state index contributed by atoms with van der Waals surface area (Å²) in [6.07, 6.45) is -4.68. The van der Waals surface area contributed by atoms with Crippen molar-refractivity contribution in [1.29, 1.82) is 0 Å². The Morgan fingerprint density at radius 2 is 1.61 bits per heavy atom. The van der Waals surface area contributed by atoms with Crippen LogP contribution in [-0.2, 0) is 11.0 Å². The first-order valence-corrected chi connectivity index (χ1v) is 10.3. The average Bonchev–Trinajstić information content (AvgIpc) is 3.22. The quantitative estimate of drug-likeness (QED) is 0.183. The van der Waals surface area contributed by atoms with Crippen LogP contribution in [0.5, 0.6) is 11.5 Å². The second-order valence-corrected chi connectivity index (χ2v) is 7.41. The minimum absolute atomic E-state index is 0. The molecular formula is C23H20Cl2F4N6O3. The number of nitrogens with zero attached hydrogens (tertiary/aromatic N) is 1. The molecule has 0 saturated carbocycles. The summed E-state index contributed by atoms with van der Waals surface area (Å²) in [6, 6.07) is 11.9. The number of ether oxygens (including phenoxy) is 1. The number of carbonyl (C=O) groups is 2. The summed E-state index contributed by atoms with van der Waals surface area (Å²) < 4.78 is 58.1. The van der Waals surface area contributed by atoms with E-state index in [2.05, 4.69) is 25.9 Å². The Labute approximate surface area is 225 Å². The number of hydrogen-bond acceptors (Lipinski definition) is 5. The molecule has 0 radical (unpaired) electrons. The van der Waals surface area contributed by atoms with Crippen LogP contribution in [0, 0.1) is 5.82 Å². The second-order valence-electron chi connectivity index (χ2n) is 7.41. The van der Waals surface area contributed by atoms with E-state index in [0.29, 0.717) is 40.7 Å². The highest BCUT2D eigenvalue weighted by Gasteiger charge is 2.31. The third-order valence-electron chi connectivity index (χ3n) is 4.79. The Hall–Kier alpha value is -4.07. The molecule has 1 aromatic heterocycles. The van der Waals surface area contributed by atoms with Crippen LogP contribution in [-0.4, -0.2) is 28.5 Å². The number of H-pyrrole nitrogens is 1. The van der Waals surface area contributed by atoms with Crippen LogP contribution >= 0.6 is 24.8 Å². The van der Waals surface area contributed by atoms with Gasteiger partial charge in [-0.25, -0.2) is 14.2 Å². The molecule has 1 heterocycles. The van der Waals surface area contributed by atoms with Gasteiger partial charge in [-0.3, -0.25) is 10.1 Å². The van der Waals surface area contributed by atoms with Crippen molar-refractivity contribution >= 4 is 65.1 Å². The highest BCUT2D eigenvalue weighted by atomic mass is 35.5. The van der Waals surface area contributed by atoms with Crippen molar-refractivity contribution in [3.63, 3.8) is 0 Å². The van der Waals surface area contributed by atoms with Crippen LogP contribution in [0.1, 0.15) is 5.56 Å². The number of amides is 3. The number of rotatable bonds is 6. The molecule has 4 aromatic rings. The fourth-order valence-electron chi connectivity index (χ4n) is 3.12. The van der Waals surface area contributed by atoms with E-state index in [4.69, 9.17) is 10.5 Å². The molecule has 202 valence electrons. The van der Waals surface area contributed by atoms with Crippen molar-refractivity contribution in [3.05, 3.63) is 72.0 Å². The summed E-state index contributed by atoms with van der Waals surface area (Å²) in [5.74, 6) is -0.297. The first-order chi connectivity index (χ1) is 17.1. The molecule has 0 saturated heterocycles. The van der Waals surface area contributed by atoms with Gasteiger partial charge in [0.25, 0.3) is 0 Å². The summed E-state index contributed by atoms with van der Waals surface area (Å²) in [4.78, 5) is 30.7. The third-order valence-corrected chi connectivity index (χ3v) is 4.79. The number of aromatic amines is 1. The Balaban J connectivity index is 0.00000253. The molecule has 9 nitrogen and oxygen atoms in total. The molecule has 0 spiro atoms. The zero-order chi connectivity index (χ0) is 25.9. The number of anilines is 3. The van der Waals surface area contributed by atoms with Crippen LogP contribution in [0.3, 0.4) is 0 Å². The van der Waals surface area contributed by atoms with Crippen molar-refractivity contribution in [2.24, 2.45) is 5.73 Å². The molecule has 0 aliphatic rings. The van der Waals surface area contributed by atoms with Gasteiger partial charge in [0, 0.05) is 11.8 Å². The smallest absolute Gasteiger partial charge is 0.416 e. The number of urea groups is 1. The molecule has 3 amide bonds. The maximum atomic E-state index is 13.8. The number of halogens is 6. The topological polar surface area (TPSA) is 134 Å². The zero-order valence-corrected chi connectivity index (χ0v) is 20.7. The Morgan fingerprint density at radius 3 is 2.26 bits per heavy atom. The molecular weight excluding hydrogens is 555 g/mol. The van der Waals surface area contributed by atoms with Crippen molar-refractivity contribution in [1.82, 2.24) is 9.97 Å². The molecule has 0 atom stereocenters. The molecule has 0 bridgehead atoms. The first-order valence-electron chi connectivity index (χ1n) is 10.3. The first kappa shape index (κ1) is 30.2. The molecule has 6 N–H and O–H groups in total. The van der Waals surface area contributed by atoms with E-state index < -0.39 is 35.2 Å². The van der Waals surface area contributed by atoms with Crippen LogP contribution in [0.4, 0.5) is 39.7 Å². The van der Waals surface area contributed by atoms with Gasteiger partial charge in [-0.15, -0.1) is 24.8 Å². The Morgan fingerprint density at radius 1 is 0.921 bits per heavy atom. The molecule has 3 aromatic carbocycles. The number of hydrogen-bond donors (Lipinski definition) is 5. The highest BCUT2D eigenvalue weighted by molar-refractivity contribution is 6.00. The van der Waals surface area contributed by atoms with E-state index >= 15 is 0 Å². The Kier molecular flexibility index (Phi) is 9.88. The van der Waals surface area contributed by atoms with Crippen molar-refractivity contribution in [3.8, 4) is 11.5 Å². The number of fused-ring (bicyclic) bond motifs is 1. The van der Waals surface area contributed by atoms with Gasteiger partial charge in [0.1, 0.15) is 17.3 Å². The molecule has 0 unspecified atom stereocenters. The van der Waals surface area contributed by atoms with E-state index in [9.17, 15) is 27.2 Å². The van der Waals surface area contributed by atoms with Crippen LogP contribution < -0.4 is 26.4 Å².